The van der Waals surface area contributed by atoms with Crippen LogP contribution in [-0.4, -0.2) is 41.2 Å². The van der Waals surface area contributed by atoms with Crippen LogP contribution in [0.15, 0.2) is 30.2 Å². The van der Waals surface area contributed by atoms with Crippen LogP contribution >= 0.6 is 23.2 Å². The molecule has 1 aromatic heterocycles. The first-order chi connectivity index (χ1) is 9.79. The van der Waals surface area contributed by atoms with Gasteiger partial charge in [-0.2, -0.15) is 8.78 Å². The molecule has 2 rings (SSSR count). The van der Waals surface area contributed by atoms with Gasteiger partial charge in [0.15, 0.2) is 0 Å². The van der Waals surface area contributed by atoms with Gasteiger partial charge in [-0.15, -0.1) is 0 Å². The molecular weight excluding hydrogens is 323 g/mol. The van der Waals surface area contributed by atoms with Gasteiger partial charge in [-0.3, -0.25) is 4.79 Å². The third-order valence-electron chi connectivity index (χ3n) is 3.11. The fraction of sp³-hybridized carbons (Fsp3) is 0.385. The van der Waals surface area contributed by atoms with Crippen LogP contribution in [0.4, 0.5) is 14.5 Å². The van der Waals surface area contributed by atoms with Crippen molar-refractivity contribution in [1.29, 1.82) is 0 Å². The molecule has 0 unspecified atom stereocenters. The second-order valence-corrected chi connectivity index (χ2v) is 5.49. The summed E-state index contributed by atoms with van der Waals surface area (Å²) in [6, 6.07) is 3.31. The lowest BCUT2D eigenvalue weighted by molar-refractivity contribution is -0.128. The molecule has 1 aliphatic rings. The number of anilines is 1. The van der Waals surface area contributed by atoms with Crippen LogP contribution in [0.25, 0.3) is 0 Å². The van der Waals surface area contributed by atoms with Crippen LogP contribution in [0.1, 0.15) is 6.42 Å². The van der Waals surface area contributed by atoms with Crippen LogP contribution in [0.3, 0.4) is 0 Å². The van der Waals surface area contributed by atoms with E-state index in [9.17, 15) is 13.6 Å². The summed E-state index contributed by atoms with van der Waals surface area (Å²) in [4.78, 5) is 18.9. The second kappa shape index (κ2) is 6.15. The van der Waals surface area contributed by atoms with Gasteiger partial charge in [-0.1, -0.05) is 11.6 Å². The maximum absolute atomic E-state index is 12.9. The molecule has 114 valence electrons. The Hall–Kier alpha value is -1.40. The summed E-state index contributed by atoms with van der Waals surface area (Å²) in [5.74, 6) is -1.09. The molecule has 0 amide bonds. The lowest BCUT2D eigenvalue weighted by atomic mass is 10.2. The number of pyridine rings is 1. The Balaban J connectivity index is 2.35. The van der Waals surface area contributed by atoms with E-state index in [-0.39, 0.29) is 0 Å². The SMILES string of the molecule is CN1CCCN(c2ccc(Cl)nc2)C1=CC(=O)C(F)(F)Cl. The van der Waals surface area contributed by atoms with Gasteiger partial charge in [0.2, 0.25) is 5.78 Å². The van der Waals surface area contributed by atoms with Gasteiger partial charge < -0.3 is 9.80 Å². The van der Waals surface area contributed by atoms with Crippen molar-refractivity contribution in [2.75, 3.05) is 25.0 Å². The predicted molar refractivity (Wildman–Crippen MR) is 77.7 cm³/mol. The molecule has 1 fully saturated rings. The maximum atomic E-state index is 12.9. The van der Waals surface area contributed by atoms with Gasteiger partial charge in [0.1, 0.15) is 11.0 Å². The fourth-order valence-corrected chi connectivity index (χ4v) is 2.24. The van der Waals surface area contributed by atoms with Crippen molar-refractivity contribution in [2.45, 2.75) is 11.8 Å². The van der Waals surface area contributed by atoms with E-state index in [1.165, 1.54) is 6.20 Å². The third-order valence-corrected chi connectivity index (χ3v) is 3.52. The summed E-state index contributed by atoms with van der Waals surface area (Å²) in [7, 11) is 1.72. The third kappa shape index (κ3) is 3.83. The zero-order valence-corrected chi connectivity index (χ0v) is 12.7. The van der Waals surface area contributed by atoms with Crippen molar-refractivity contribution in [1.82, 2.24) is 9.88 Å². The lowest BCUT2D eigenvalue weighted by Crippen LogP contribution is -2.41. The molecule has 1 saturated heterocycles. The van der Waals surface area contributed by atoms with E-state index in [2.05, 4.69) is 4.98 Å². The number of ketones is 1. The number of hydrogen-bond donors (Lipinski definition) is 0. The molecule has 0 saturated carbocycles. The highest BCUT2D eigenvalue weighted by Crippen LogP contribution is 2.27. The summed E-state index contributed by atoms with van der Waals surface area (Å²) in [6.07, 6.45) is 3.21. The molecule has 8 heteroatoms. The quantitative estimate of drug-likeness (QED) is 0.483. The highest BCUT2D eigenvalue weighted by atomic mass is 35.5. The van der Waals surface area contributed by atoms with Gasteiger partial charge in [-0.05, 0) is 30.2 Å². The highest BCUT2D eigenvalue weighted by molar-refractivity contribution is 6.34. The van der Waals surface area contributed by atoms with Gasteiger partial charge in [-0.25, -0.2) is 4.98 Å². The minimum Gasteiger partial charge on any atom is -0.361 e. The normalized spacial score (nSPS) is 18.2. The Morgan fingerprint density at radius 2 is 2.14 bits per heavy atom. The fourth-order valence-electron chi connectivity index (χ4n) is 2.08. The van der Waals surface area contributed by atoms with Crippen LogP contribution in [0.5, 0.6) is 0 Å². The first-order valence-corrected chi connectivity index (χ1v) is 6.97. The van der Waals surface area contributed by atoms with Crippen molar-refractivity contribution in [3.8, 4) is 0 Å². The molecule has 1 aliphatic heterocycles. The van der Waals surface area contributed by atoms with Crippen molar-refractivity contribution in [3.63, 3.8) is 0 Å². The molecule has 0 spiro atoms. The number of carbonyl (C=O) groups excluding carboxylic acids is 1. The summed E-state index contributed by atoms with van der Waals surface area (Å²) >= 11 is 10.5. The van der Waals surface area contributed by atoms with Crippen molar-refractivity contribution in [3.05, 3.63) is 35.4 Å². The first-order valence-electron chi connectivity index (χ1n) is 6.22. The average molecular weight is 336 g/mol. The highest BCUT2D eigenvalue weighted by Gasteiger charge is 2.35. The van der Waals surface area contributed by atoms with Gasteiger partial charge >= 0.3 is 5.38 Å². The predicted octanol–water partition coefficient (Wildman–Crippen LogP) is 3.12. The Morgan fingerprint density at radius 3 is 2.71 bits per heavy atom. The first kappa shape index (κ1) is 16.0. The molecule has 0 atom stereocenters. The molecule has 0 bridgehead atoms. The van der Waals surface area contributed by atoms with Gasteiger partial charge in [0, 0.05) is 26.2 Å². The summed E-state index contributed by atoms with van der Waals surface area (Å²) < 4.78 is 25.8. The molecular formula is C13H13Cl2F2N3O. The Labute approximate surface area is 130 Å². The largest absolute Gasteiger partial charge is 0.384 e. The smallest absolute Gasteiger partial charge is 0.361 e. The standard InChI is InChI=1S/C13H13Cl2F2N3O/c1-19-5-2-6-20(9-3-4-11(14)18-8-9)12(19)7-10(21)13(15,16)17/h3-4,7-8H,2,5-6H2,1H3. The van der Waals surface area contributed by atoms with E-state index >= 15 is 0 Å². The zero-order valence-electron chi connectivity index (χ0n) is 11.2. The zero-order chi connectivity index (χ0) is 15.6. The molecule has 4 nitrogen and oxygen atoms in total. The molecule has 0 aliphatic carbocycles. The van der Waals surface area contributed by atoms with E-state index < -0.39 is 11.2 Å². The second-order valence-electron chi connectivity index (χ2n) is 4.63. The van der Waals surface area contributed by atoms with Crippen molar-refractivity contribution < 1.29 is 13.6 Å². The van der Waals surface area contributed by atoms with Gasteiger partial charge in [0.25, 0.3) is 0 Å². The number of carbonyl (C=O) groups is 1. The van der Waals surface area contributed by atoms with Crippen molar-refractivity contribution >= 4 is 34.7 Å². The van der Waals surface area contributed by atoms with E-state index in [1.807, 2.05) is 0 Å². The van der Waals surface area contributed by atoms with E-state index in [0.717, 1.165) is 12.5 Å². The maximum Gasteiger partial charge on any atom is 0.384 e. The summed E-state index contributed by atoms with van der Waals surface area (Å²) in [5.41, 5.74) is 0.669. The number of alkyl halides is 3. The van der Waals surface area contributed by atoms with Crippen LogP contribution in [0, 0.1) is 0 Å². The lowest BCUT2D eigenvalue weighted by Gasteiger charge is -2.38. The van der Waals surface area contributed by atoms with Crippen LogP contribution in [-0.2, 0) is 4.79 Å². The number of aromatic nitrogens is 1. The Bertz CT molecular complexity index is 558. The molecule has 2 heterocycles. The number of rotatable bonds is 3. The number of nitrogens with zero attached hydrogens (tertiary/aromatic N) is 3. The molecule has 0 aromatic carbocycles. The Morgan fingerprint density at radius 1 is 1.43 bits per heavy atom. The summed E-state index contributed by atoms with van der Waals surface area (Å²) in [5, 5.41) is -3.58. The average Bonchev–Trinajstić information content (AvgIpc) is 2.41. The summed E-state index contributed by atoms with van der Waals surface area (Å²) in [6.45, 7) is 1.24. The van der Waals surface area contributed by atoms with E-state index in [0.29, 0.717) is 29.8 Å². The number of halogens is 4. The number of hydrogen-bond acceptors (Lipinski definition) is 4. The molecule has 0 N–H and O–H groups in total. The topological polar surface area (TPSA) is 36.4 Å². The van der Waals surface area contributed by atoms with Gasteiger partial charge in [0.05, 0.1) is 11.9 Å². The minimum atomic E-state index is -3.91. The minimum absolute atomic E-state index is 0.331. The van der Waals surface area contributed by atoms with E-state index in [1.54, 1.807) is 29.0 Å². The molecule has 0 radical (unpaired) electrons. The number of allylic oxidation sites excluding steroid dienone is 1. The monoisotopic (exact) mass is 335 g/mol. The van der Waals surface area contributed by atoms with Crippen LogP contribution < -0.4 is 4.90 Å². The van der Waals surface area contributed by atoms with E-state index in [4.69, 9.17) is 23.2 Å². The van der Waals surface area contributed by atoms with Crippen LogP contribution in [0.2, 0.25) is 5.15 Å². The Kier molecular flexibility index (Phi) is 4.68. The molecule has 1 aromatic rings. The van der Waals surface area contributed by atoms with Crippen molar-refractivity contribution in [2.24, 2.45) is 0 Å². The molecule has 21 heavy (non-hydrogen) atoms.